The maximum absolute atomic E-state index is 14.8. The third kappa shape index (κ3) is 2.08. The fourth-order valence-corrected chi connectivity index (χ4v) is 3.00. The van der Waals surface area contributed by atoms with Crippen molar-refractivity contribution in [3.63, 3.8) is 0 Å². The smallest absolute Gasteiger partial charge is 0.338 e. The molecule has 0 unspecified atom stereocenters. The molecule has 3 rings (SSSR count). The Hall–Kier alpha value is -2.02. The summed E-state index contributed by atoms with van der Waals surface area (Å²) < 4.78 is 28.5. The van der Waals surface area contributed by atoms with Gasteiger partial charge in [-0.1, -0.05) is 0 Å². The van der Waals surface area contributed by atoms with E-state index in [2.05, 4.69) is 5.32 Å². The number of halogens is 2. The number of benzene rings is 1. The van der Waals surface area contributed by atoms with Crippen LogP contribution in [0.5, 0.6) is 0 Å². The molecule has 112 valence electrons. The van der Waals surface area contributed by atoms with E-state index in [4.69, 9.17) is 5.11 Å². The summed E-state index contributed by atoms with van der Waals surface area (Å²) in [6, 6.07) is 3.39. The number of piperidine rings is 1. The number of hydrogen-bond donors (Lipinski definition) is 2. The highest BCUT2D eigenvalue weighted by Crippen LogP contribution is 2.39. The van der Waals surface area contributed by atoms with Crippen molar-refractivity contribution in [2.75, 3.05) is 24.5 Å². The van der Waals surface area contributed by atoms with Gasteiger partial charge in [-0.2, -0.15) is 0 Å². The second-order valence-electron chi connectivity index (χ2n) is 5.40. The van der Waals surface area contributed by atoms with Crippen LogP contribution < -0.4 is 10.2 Å². The van der Waals surface area contributed by atoms with E-state index in [1.807, 2.05) is 0 Å². The molecular formula is C14H14F2N2O3. The number of carbonyl (C=O) groups is 2. The summed E-state index contributed by atoms with van der Waals surface area (Å²) in [7, 11) is 0. The number of carboxylic acids is 1. The molecule has 0 aliphatic carbocycles. The number of alkyl halides is 1. The highest BCUT2D eigenvalue weighted by atomic mass is 19.1. The average molecular weight is 296 g/mol. The van der Waals surface area contributed by atoms with Crippen LogP contribution in [-0.4, -0.2) is 42.3 Å². The van der Waals surface area contributed by atoms with E-state index in [1.165, 1.54) is 11.0 Å². The molecule has 2 fully saturated rings. The Kier molecular flexibility index (Phi) is 3.16. The first-order valence-electron chi connectivity index (χ1n) is 6.68. The Morgan fingerprint density at radius 2 is 2.24 bits per heavy atom. The lowest BCUT2D eigenvalue weighted by Crippen LogP contribution is -2.49. The first-order chi connectivity index (χ1) is 9.93. The number of carbonyl (C=O) groups excluding carboxylic acids is 1. The van der Waals surface area contributed by atoms with Crippen molar-refractivity contribution >= 4 is 17.6 Å². The van der Waals surface area contributed by atoms with E-state index in [9.17, 15) is 18.4 Å². The quantitative estimate of drug-likeness (QED) is 0.860. The van der Waals surface area contributed by atoms with Gasteiger partial charge >= 0.3 is 5.97 Å². The molecule has 5 nitrogen and oxygen atoms in total. The fourth-order valence-electron chi connectivity index (χ4n) is 3.00. The number of anilines is 1. The topological polar surface area (TPSA) is 69.6 Å². The summed E-state index contributed by atoms with van der Waals surface area (Å²) in [5.74, 6) is -3.46. The largest absolute Gasteiger partial charge is 0.478 e. The first kappa shape index (κ1) is 13.9. The maximum Gasteiger partial charge on any atom is 0.338 e. The minimum Gasteiger partial charge on any atom is -0.478 e. The van der Waals surface area contributed by atoms with Crippen LogP contribution in [0.2, 0.25) is 0 Å². The van der Waals surface area contributed by atoms with E-state index in [0.717, 1.165) is 12.1 Å². The summed E-state index contributed by atoms with van der Waals surface area (Å²) in [5, 5.41) is 11.8. The molecule has 21 heavy (non-hydrogen) atoms. The Morgan fingerprint density at radius 1 is 1.48 bits per heavy atom. The van der Waals surface area contributed by atoms with Crippen LogP contribution in [0, 0.1) is 11.7 Å². The van der Waals surface area contributed by atoms with Crippen LogP contribution >= 0.6 is 0 Å². The minimum atomic E-state index is -1.91. The van der Waals surface area contributed by atoms with Gasteiger partial charge in [-0.15, -0.1) is 0 Å². The highest BCUT2D eigenvalue weighted by molar-refractivity contribution is 6.02. The molecule has 0 spiro atoms. The SMILES string of the molecule is O=C(O)c1ccc(N2C[C@@H]3CNCC[C@]3(F)C2=O)cc1F. The first-order valence-corrected chi connectivity index (χ1v) is 6.68. The molecule has 0 saturated carbocycles. The number of rotatable bonds is 2. The second-order valence-corrected chi connectivity index (χ2v) is 5.40. The van der Waals surface area contributed by atoms with Crippen molar-refractivity contribution in [1.29, 1.82) is 0 Å². The van der Waals surface area contributed by atoms with Gasteiger partial charge in [0.1, 0.15) is 5.82 Å². The zero-order valence-electron chi connectivity index (χ0n) is 11.1. The molecule has 1 amide bonds. The van der Waals surface area contributed by atoms with E-state index < -0.39 is 34.8 Å². The molecule has 0 bridgehead atoms. The number of amides is 1. The van der Waals surface area contributed by atoms with E-state index in [1.54, 1.807) is 0 Å². The van der Waals surface area contributed by atoms with E-state index in [-0.39, 0.29) is 18.7 Å². The maximum atomic E-state index is 14.8. The van der Waals surface area contributed by atoms with Crippen LogP contribution in [0.25, 0.3) is 0 Å². The lowest BCUT2D eigenvalue weighted by Gasteiger charge is -2.29. The number of nitrogens with zero attached hydrogens (tertiary/aromatic N) is 1. The normalized spacial score (nSPS) is 28.6. The number of aromatic carboxylic acids is 1. The van der Waals surface area contributed by atoms with Gasteiger partial charge in [0.05, 0.1) is 5.56 Å². The van der Waals surface area contributed by atoms with Crippen molar-refractivity contribution in [2.45, 2.75) is 12.1 Å². The van der Waals surface area contributed by atoms with E-state index >= 15 is 0 Å². The lowest BCUT2D eigenvalue weighted by atomic mass is 9.86. The van der Waals surface area contributed by atoms with Gasteiger partial charge in [-0.25, -0.2) is 13.6 Å². The fraction of sp³-hybridized carbons (Fsp3) is 0.429. The summed E-state index contributed by atoms with van der Waals surface area (Å²) in [6.07, 6.45) is 0.0999. The number of hydrogen-bond acceptors (Lipinski definition) is 3. The van der Waals surface area contributed by atoms with E-state index in [0.29, 0.717) is 13.1 Å². The van der Waals surface area contributed by atoms with Crippen LogP contribution in [0.15, 0.2) is 18.2 Å². The van der Waals surface area contributed by atoms with Gasteiger partial charge in [0.15, 0.2) is 5.67 Å². The molecular weight excluding hydrogens is 282 g/mol. The summed E-state index contributed by atoms with van der Waals surface area (Å²) in [5.41, 5.74) is -2.19. The Balaban J connectivity index is 1.93. The van der Waals surface area contributed by atoms with Gasteiger partial charge in [-0.05, 0) is 24.7 Å². The van der Waals surface area contributed by atoms with Crippen LogP contribution in [0.3, 0.4) is 0 Å². The molecule has 0 aromatic heterocycles. The second kappa shape index (κ2) is 4.77. The van der Waals surface area contributed by atoms with Gasteiger partial charge in [0.2, 0.25) is 0 Å². The Morgan fingerprint density at radius 3 is 2.86 bits per heavy atom. The van der Waals surface area contributed by atoms with Gasteiger partial charge in [0, 0.05) is 31.1 Å². The summed E-state index contributed by atoms with van der Waals surface area (Å²) in [4.78, 5) is 24.3. The molecule has 2 heterocycles. The average Bonchev–Trinajstić information content (AvgIpc) is 2.71. The summed E-state index contributed by atoms with van der Waals surface area (Å²) >= 11 is 0. The minimum absolute atomic E-state index is 0.0999. The zero-order chi connectivity index (χ0) is 15.2. The molecule has 2 N–H and O–H groups in total. The number of carboxylic acid groups (broad SMARTS) is 1. The lowest BCUT2D eigenvalue weighted by molar-refractivity contribution is -0.130. The third-order valence-corrected chi connectivity index (χ3v) is 4.20. The molecule has 2 atom stereocenters. The number of nitrogens with one attached hydrogen (secondary N) is 1. The van der Waals surface area contributed by atoms with Crippen molar-refractivity contribution in [3.8, 4) is 0 Å². The molecule has 1 aromatic carbocycles. The molecule has 2 saturated heterocycles. The predicted molar refractivity (Wildman–Crippen MR) is 70.5 cm³/mol. The monoisotopic (exact) mass is 296 g/mol. The van der Waals surface area contributed by atoms with Crippen molar-refractivity contribution in [3.05, 3.63) is 29.6 Å². The van der Waals surface area contributed by atoms with Crippen molar-refractivity contribution in [2.24, 2.45) is 5.92 Å². The molecule has 2 aliphatic rings. The third-order valence-electron chi connectivity index (χ3n) is 4.20. The molecule has 7 heteroatoms. The predicted octanol–water partition coefficient (Wildman–Crippen LogP) is 1.19. The summed E-state index contributed by atoms with van der Waals surface area (Å²) in [6.45, 7) is 0.988. The van der Waals surface area contributed by atoms with Gasteiger partial charge < -0.3 is 15.3 Å². The standard InChI is InChI=1S/C14H14F2N2O3/c15-11-5-9(1-2-10(11)12(19)20)18-7-8-6-17-4-3-14(8,16)13(18)21/h1-2,5,8,17H,3-4,6-7H2,(H,19,20)/t8-,14+/m0/s1. The Labute approximate surface area is 119 Å². The number of fused-ring (bicyclic) bond motifs is 1. The van der Waals surface area contributed by atoms with Crippen LogP contribution in [-0.2, 0) is 4.79 Å². The van der Waals surface area contributed by atoms with Crippen molar-refractivity contribution < 1.29 is 23.5 Å². The van der Waals surface area contributed by atoms with Gasteiger partial charge in [-0.3, -0.25) is 4.79 Å². The van der Waals surface area contributed by atoms with Crippen molar-refractivity contribution in [1.82, 2.24) is 5.32 Å². The van der Waals surface area contributed by atoms with Crippen LogP contribution in [0.1, 0.15) is 16.8 Å². The van der Waals surface area contributed by atoms with Crippen LogP contribution in [0.4, 0.5) is 14.5 Å². The molecule has 0 radical (unpaired) electrons. The molecule has 1 aromatic rings. The van der Waals surface area contributed by atoms with Gasteiger partial charge in [0.25, 0.3) is 5.91 Å². The Bertz CT molecular complexity index is 622. The highest BCUT2D eigenvalue weighted by Gasteiger charge is 2.56. The molecule has 2 aliphatic heterocycles. The zero-order valence-corrected chi connectivity index (χ0v) is 11.1.